The van der Waals surface area contributed by atoms with E-state index in [1.54, 1.807) is 12.1 Å². The van der Waals surface area contributed by atoms with Crippen molar-refractivity contribution in [1.29, 1.82) is 0 Å². The van der Waals surface area contributed by atoms with Gasteiger partial charge in [-0.05, 0) is 37.5 Å². The number of aromatic hydroxyl groups is 1. The third-order valence-electron chi connectivity index (χ3n) is 2.96. The summed E-state index contributed by atoms with van der Waals surface area (Å²) in [6.45, 7) is 1.85. The number of aryl methyl sites for hydroxylation is 1. The minimum absolute atomic E-state index is 0.127. The fourth-order valence-electron chi connectivity index (χ4n) is 1.96. The van der Waals surface area contributed by atoms with Crippen molar-refractivity contribution in [2.45, 2.75) is 25.7 Å². The first kappa shape index (κ1) is 11.8. The standard InChI is InChI=1S/C14H14N2O3/c1-8-4-10(17)6-11(5-8)19-13-7-12(18)15-14(16-13)9-2-3-9/h4-7,9,17H,2-3H2,1H3,(H,15,16,18). The summed E-state index contributed by atoms with van der Waals surface area (Å²) in [6.07, 6.45) is 2.11. The van der Waals surface area contributed by atoms with Crippen LogP contribution >= 0.6 is 0 Å². The molecule has 5 heteroatoms. The molecule has 0 aliphatic heterocycles. The first-order valence-corrected chi connectivity index (χ1v) is 6.20. The third-order valence-corrected chi connectivity index (χ3v) is 2.96. The summed E-state index contributed by atoms with van der Waals surface area (Å²) < 4.78 is 5.55. The van der Waals surface area contributed by atoms with E-state index in [0.29, 0.717) is 17.5 Å². The number of ether oxygens (including phenoxy) is 1. The Kier molecular flexibility index (Phi) is 2.74. The molecule has 3 rings (SSSR count). The molecule has 5 nitrogen and oxygen atoms in total. The smallest absolute Gasteiger partial charge is 0.254 e. The molecule has 1 heterocycles. The first-order valence-electron chi connectivity index (χ1n) is 6.20. The molecule has 1 aliphatic rings. The van der Waals surface area contributed by atoms with Crippen molar-refractivity contribution in [2.75, 3.05) is 0 Å². The van der Waals surface area contributed by atoms with Crippen molar-refractivity contribution in [2.24, 2.45) is 0 Å². The summed E-state index contributed by atoms with van der Waals surface area (Å²) in [5, 5.41) is 9.51. The molecule has 2 aromatic rings. The van der Waals surface area contributed by atoms with Crippen molar-refractivity contribution < 1.29 is 9.84 Å². The molecule has 0 unspecified atom stereocenters. The molecular formula is C14H14N2O3. The number of hydrogen-bond acceptors (Lipinski definition) is 4. The molecule has 2 N–H and O–H groups in total. The Morgan fingerprint density at radius 3 is 2.79 bits per heavy atom. The number of benzene rings is 1. The van der Waals surface area contributed by atoms with Gasteiger partial charge in [0.05, 0.1) is 6.07 Å². The zero-order valence-corrected chi connectivity index (χ0v) is 10.5. The number of aromatic amines is 1. The second-order valence-corrected chi connectivity index (χ2v) is 4.85. The van der Waals surface area contributed by atoms with E-state index in [2.05, 4.69) is 9.97 Å². The number of phenols is 1. The van der Waals surface area contributed by atoms with Gasteiger partial charge < -0.3 is 14.8 Å². The Morgan fingerprint density at radius 2 is 2.11 bits per heavy atom. The highest BCUT2D eigenvalue weighted by Crippen LogP contribution is 2.38. The van der Waals surface area contributed by atoms with Crippen molar-refractivity contribution in [3.63, 3.8) is 0 Å². The molecule has 0 saturated heterocycles. The highest BCUT2D eigenvalue weighted by Gasteiger charge is 2.26. The van der Waals surface area contributed by atoms with Gasteiger partial charge in [-0.15, -0.1) is 0 Å². The first-order chi connectivity index (χ1) is 9.10. The lowest BCUT2D eigenvalue weighted by atomic mass is 10.2. The van der Waals surface area contributed by atoms with Crippen molar-refractivity contribution in [1.82, 2.24) is 9.97 Å². The van der Waals surface area contributed by atoms with Crippen LogP contribution in [0, 0.1) is 6.92 Å². The van der Waals surface area contributed by atoms with Crippen molar-refractivity contribution >= 4 is 0 Å². The molecule has 0 radical (unpaired) electrons. The van der Waals surface area contributed by atoms with Crippen LogP contribution in [0.5, 0.6) is 17.4 Å². The van der Waals surface area contributed by atoms with Crippen LogP contribution in [0.15, 0.2) is 29.1 Å². The monoisotopic (exact) mass is 258 g/mol. The van der Waals surface area contributed by atoms with E-state index in [9.17, 15) is 9.90 Å². The lowest BCUT2D eigenvalue weighted by molar-refractivity contribution is 0.441. The summed E-state index contributed by atoms with van der Waals surface area (Å²) in [5.74, 6) is 1.89. The maximum Gasteiger partial charge on any atom is 0.254 e. The lowest BCUT2D eigenvalue weighted by Gasteiger charge is -2.07. The van der Waals surface area contributed by atoms with E-state index < -0.39 is 0 Å². The molecule has 1 aromatic heterocycles. The summed E-state index contributed by atoms with van der Waals surface area (Å²) >= 11 is 0. The van der Waals surface area contributed by atoms with Crippen LogP contribution < -0.4 is 10.3 Å². The molecule has 0 amide bonds. The van der Waals surface area contributed by atoms with E-state index in [1.807, 2.05) is 6.92 Å². The molecule has 0 bridgehead atoms. The van der Waals surface area contributed by atoms with Gasteiger partial charge in [-0.25, -0.2) is 0 Å². The molecule has 19 heavy (non-hydrogen) atoms. The summed E-state index contributed by atoms with van der Waals surface area (Å²) in [4.78, 5) is 18.6. The number of hydrogen-bond donors (Lipinski definition) is 2. The van der Waals surface area contributed by atoms with Crippen LogP contribution in [-0.2, 0) is 0 Å². The van der Waals surface area contributed by atoms with Gasteiger partial charge in [-0.1, -0.05) is 0 Å². The Balaban J connectivity index is 1.91. The second kappa shape index (κ2) is 4.42. The third kappa shape index (κ3) is 2.76. The Labute approximate surface area is 109 Å². The van der Waals surface area contributed by atoms with Crippen molar-refractivity contribution in [3.05, 3.63) is 46.0 Å². The largest absolute Gasteiger partial charge is 0.508 e. The molecule has 98 valence electrons. The van der Waals surface area contributed by atoms with Gasteiger partial charge >= 0.3 is 0 Å². The van der Waals surface area contributed by atoms with Gasteiger partial charge in [0.25, 0.3) is 5.56 Å². The number of nitrogens with zero attached hydrogens (tertiary/aromatic N) is 1. The fraction of sp³-hybridized carbons (Fsp3) is 0.286. The highest BCUT2D eigenvalue weighted by molar-refractivity contribution is 5.38. The Hall–Kier alpha value is -2.30. The van der Waals surface area contributed by atoms with Crippen LogP contribution in [0.25, 0.3) is 0 Å². The molecule has 1 aliphatic carbocycles. The molecule has 1 fully saturated rings. The quantitative estimate of drug-likeness (QED) is 0.886. The molecule has 0 atom stereocenters. The predicted molar refractivity (Wildman–Crippen MR) is 69.8 cm³/mol. The van der Waals surface area contributed by atoms with Crippen molar-refractivity contribution in [3.8, 4) is 17.4 Å². The number of rotatable bonds is 3. The second-order valence-electron chi connectivity index (χ2n) is 4.85. The Morgan fingerprint density at radius 1 is 1.32 bits per heavy atom. The topological polar surface area (TPSA) is 75.2 Å². The van der Waals surface area contributed by atoms with Crippen LogP contribution in [0.1, 0.15) is 30.1 Å². The highest BCUT2D eigenvalue weighted by atomic mass is 16.5. The van der Waals surface area contributed by atoms with Gasteiger partial charge in [-0.3, -0.25) is 4.79 Å². The fourth-order valence-corrected chi connectivity index (χ4v) is 1.96. The normalized spacial score (nSPS) is 14.4. The average Bonchev–Trinajstić information content (AvgIpc) is 3.09. The predicted octanol–water partition coefficient (Wildman–Crippen LogP) is 2.45. The molecule has 1 aromatic carbocycles. The number of aromatic nitrogens is 2. The molecule has 0 spiro atoms. The minimum atomic E-state index is -0.219. The van der Waals surface area contributed by atoms with E-state index in [4.69, 9.17) is 4.74 Å². The van der Waals surface area contributed by atoms with Gasteiger partial charge in [0.15, 0.2) is 0 Å². The van der Waals surface area contributed by atoms with Gasteiger partial charge in [-0.2, -0.15) is 4.98 Å². The van der Waals surface area contributed by atoms with Gasteiger partial charge in [0.1, 0.15) is 17.3 Å². The number of phenolic OH excluding ortho intramolecular Hbond substituents is 1. The van der Waals surface area contributed by atoms with Crippen LogP contribution in [-0.4, -0.2) is 15.1 Å². The van der Waals surface area contributed by atoms with E-state index >= 15 is 0 Å². The Bertz CT molecular complexity index is 654. The van der Waals surface area contributed by atoms with E-state index in [1.165, 1.54) is 12.1 Å². The van der Waals surface area contributed by atoms with Crippen LogP contribution in [0.4, 0.5) is 0 Å². The van der Waals surface area contributed by atoms with Gasteiger partial charge in [0.2, 0.25) is 5.88 Å². The SMILES string of the molecule is Cc1cc(O)cc(Oc2cc(=O)[nH]c(C3CC3)n2)c1. The summed E-state index contributed by atoms with van der Waals surface area (Å²) in [7, 11) is 0. The number of H-pyrrole nitrogens is 1. The summed E-state index contributed by atoms with van der Waals surface area (Å²) in [5.41, 5.74) is 0.658. The van der Waals surface area contributed by atoms with Crippen LogP contribution in [0.2, 0.25) is 0 Å². The van der Waals surface area contributed by atoms with E-state index in [0.717, 1.165) is 18.4 Å². The lowest BCUT2D eigenvalue weighted by Crippen LogP contribution is -2.10. The average molecular weight is 258 g/mol. The molecule has 1 saturated carbocycles. The number of nitrogens with one attached hydrogen (secondary N) is 1. The minimum Gasteiger partial charge on any atom is -0.508 e. The maximum atomic E-state index is 11.5. The summed E-state index contributed by atoms with van der Waals surface area (Å²) in [6, 6.07) is 6.21. The van der Waals surface area contributed by atoms with E-state index in [-0.39, 0.29) is 17.2 Å². The van der Waals surface area contributed by atoms with Gasteiger partial charge in [0, 0.05) is 12.0 Å². The maximum absolute atomic E-state index is 11.5. The zero-order valence-electron chi connectivity index (χ0n) is 10.5. The molecular weight excluding hydrogens is 244 g/mol. The zero-order chi connectivity index (χ0) is 13.4. The van der Waals surface area contributed by atoms with Crippen LogP contribution in [0.3, 0.4) is 0 Å².